The summed E-state index contributed by atoms with van der Waals surface area (Å²) in [4.78, 5) is 18.7. The van der Waals surface area contributed by atoms with Crippen LogP contribution in [0.2, 0.25) is 5.02 Å². The molecule has 1 N–H and O–H groups in total. The molecule has 19 heavy (non-hydrogen) atoms. The maximum atomic E-state index is 12.6. The number of carbonyl (C=O) groups excluding carboxylic acids is 1. The van der Waals surface area contributed by atoms with Crippen LogP contribution in [-0.2, 0) is 0 Å². The molecule has 0 saturated heterocycles. The van der Waals surface area contributed by atoms with E-state index in [1.807, 2.05) is 11.8 Å². The van der Waals surface area contributed by atoms with E-state index in [2.05, 4.69) is 10.3 Å². The van der Waals surface area contributed by atoms with Crippen molar-refractivity contribution in [2.75, 3.05) is 18.9 Å². The first-order valence-corrected chi connectivity index (χ1v) is 7.19. The summed E-state index contributed by atoms with van der Waals surface area (Å²) in [5.41, 5.74) is 0.537. The number of nitrogens with zero attached hydrogens (tertiary/aromatic N) is 2. The number of halogens is 1. The van der Waals surface area contributed by atoms with Gasteiger partial charge in [0.25, 0.3) is 5.91 Å². The van der Waals surface area contributed by atoms with Gasteiger partial charge < -0.3 is 10.2 Å². The van der Waals surface area contributed by atoms with Crippen LogP contribution in [0, 0.1) is 0 Å². The minimum atomic E-state index is 0.0123. The Morgan fingerprint density at radius 3 is 2.79 bits per heavy atom. The number of amides is 1. The highest BCUT2D eigenvalue weighted by atomic mass is 35.5. The predicted octanol–water partition coefficient (Wildman–Crippen LogP) is 3.18. The van der Waals surface area contributed by atoms with E-state index in [4.69, 9.17) is 11.6 Å². The third kappa shape index (κ3) is 3.00. The van der Waals surface area contributed by atoms with Crippen molar-refractivity contribution in [1.29, 1.82) is 0 Å². The van der Waals surface area contributed by atoms with Crippen molar-refractivity contribution in [3.63, 3.8) is 0 Å². The zero-order valence-corrected chi connectivity index (χ0v) is 12.2. The highest BCUT2D eigenvalue weighted by Gasteiger charge is 2.27. The number of hydrogen-bond acceptors (Lipinski definition) is 3. The molecule has 104 valence electrons. The summed E-state index contributed by atoms with van der Waals surface area (Å²) in [6.07, 6.45) is 6.14. The van der Waals surface area contributed by atoms with Gasteiger partial charge in [0.1, 0.15) is 5.82 Å². The molecular weight excluding hydrogens is 262 g/mol. The second kappa shape index (κ2) is 6.24. The average molecular weight is 282 g/mol. The predicted molar refractivity (Wildman–Crippen MR) is 77.8 cm³/mol. The van der Waals surface area contributed by atoms with Crippen LogP contribution in [0.15, 0.2) is 12.3 Å². The van der Waals surface area contributed by atoms with Crippen molar-refractivity contribution in [3.05, 3.63) is 22.8 Å². The largest absolute Gasteiger partial charge is 0.373 e. The molecule has 1 fully saturated rings. The van der Waals surface area contributed by atoms with Crippen molar-refractivity contribution < 1.29 is 4.79 Å². The van der Waals surface area contributed by atoms with Gasteiger partial charge in [0.15, 0.2) is 0 Å². The third-order valence-corrected chi connectivity index (χ3v) is 4.01. The Morgan fingerprint density at radius 1 is 1.53 bits per heavy atom. The van der Waals surface area contributed by atoms with Gasteiger partial charge >= 0.3 is 0 Å². The molecule has 1 heterocycles. The van der Waals surface area contributed by atoms with Crippen molar-refractivity contribution in [2.45, 2.75) is 38.6 Å². The number of nitrogens with one attached hydrogen (secondary N) is 1. The lowest BCUT2D eigenvalue weighted by Crippen LogP contribution is -2.38. The second-order valence-electron chi connectivity index (χ2n) is 4.83. The lowest BCUT2D eigenvalue weighted by Gasteiger charge is -2.28. The molecule has 0 spiro atoms. The normalized spacial score (nSPS) is 15.5. The molecule has 1 aromatic rings. The first kappa shape index (κ1) is 14.1. The Labute approximate surface area is 119 Å². The molecule has 0 radical (unpaired) electrons. The lowest BCUT2D eigenvalue weighted by molar-refractivity contribution is 0.0693. The molecule has 1 saturated carbocycles. The molecule has 5 heteroatoms. The SMILES string of the molecule is CCN(C(=O)c1cc(NC)ncc1Cl)C1CCCC1. The van der Waals surface area contributed by atoms with Crippen LogP contribution in [-0.4, -0.2) is 35.4 Å². The highest BCUT2D eigenvalue weighted by molar-refractivity contribution is 6.33. The number of rotatable bonds is 4. The summed E-state index contributed by atoms with van der Waals surface area (Å²) in [5.74, 6) is 0.675. The van der Waals surface area contributed by atoms with Crippen LogP contribution >= 0.6 is 11.6 Å². The van der Waals surface area contributed by atoms with Gasteiger partial charge in [-0.15, -0.1) is 0 Å². The third-order valence-electron chi connectivity index (χ3n) is 3.71. The van der Waals surface area contributed by atoms with Crippen molar-refractivity contribution >= 4 is 23.3 Å². The smallest absolute Gasteiger partial charge is 0.255 e. The maximum absolute atomic E-state index is 12.6. The Bertz CT molecular complexity index is 458. The summed E-state index contributed by atoms with van der Waals surface area (Å²) in [5, 5.41) is 3.35. The van der Waals surface area contributed by atoms with E-state index in [0.29, 0.717) is 22.4 Å². The molecule has 0 aromatic carbocycles. The van der Waals surface area contributed by atoms with E-state index < -0.39 is 0 Å². The zero-order valence-electron chi connectivity index (χ0n) is 11.4. The van der Waals surface area contributed by atoms with Crippen molar-refractivity contribution in [2.24, 2.45) is 0 Å². The molecule has 0 unspecified atom stereocenters. The highest BCUT2D eigenvalue weighted by Crippen LogP contribution is 2.27. The molecular formula is C14H20ClN3O. The molecule has 1 aromatic heterocycles. The summed E-state index contributed by atoms with van der Waals surface area (Å²) >= 11 is 6.12. The van der Waals surface area contributed by atoms with Gasteiger partial charge in [0, 0.05) is 25.8 Å². The minimum Gasteiger partial charge on any atom is -0.373 e. The summed E-state index contributed by atoms with van der Waals surface area (Å²) in [7, 11) is 1.78. The number of carbonyl (C=O) groups is 1. The Morgan fingerprint density at radius 2 is 2.21 bits per heavy atom. The Hall–Kier alpha value is -1.29. The van der Waals surface area contributed by atoms with E-state index in [0.717, 1.165) is 19.4 Å². The van der Waals surface area contributed by atoms with E-state index in [1.165, 1.54) is 19.0 Å². The van der Waals surface area contributed by atoms with E-state index in [1.54, 1.807) is 13.1 Å². The average Bonchev–Trinajstić information content (AvgIpc) is 2.94. The fourth-order valence-corrected chi connectivity index (χ4v) is 2.86. The molecule has 1 aliphatic rings. The summed E-state index contributed by atoms with van der Waals surface area (Å²) < 4.78 is 0. The topological polar surface area (TPSA) is 45.2 Å². The molecule has 0 aliphatic heterocycles. The van der Waals surface area contributed by atoms with Gasteiger partial charge in [-0.05, 0) is 25.8 Å². The maximum Gasteiger partial charge on any atom is 0.255 e. The molecule has 4 nitrogen and oxygen atoms in total. The van der Waals surface area contributed by atoms with Crippen LogP contribution in [0.1, 0.15) is 43.0 Å². The Kier molecular flexibility index (Phi) is 4.64. The van der Waals surface area contributed by atoms with Crippen LogP contribution < -0.4 is 5.32 Å². The summed E-state index contributed by atoms with van der Waals surface area (Å²) in [6.45, 7) is 2.74. The van der Waals surface area contributed by atoms with Crippen LogP contribution in [0.25, 0.3) is 0 Å². The van der Waals surface area contributed by atoms with Crippen LogP contribution in [0.4, 0.5) is 5.82 Å². The quantitative estimate of drug-likeness (QED) is 0.922. The van der Waals surface area contributed by atoms with Crippen molar-refractivity contribution in [3.8, 4) is 0 Å². The van der Waals surface area contributed by atoms with Gasteiger partial charge in [0.2, 0.25) is 0 Å². The first-order chi connectivity index (χ1) is 9.17. The van der Waals surface area contributed by atoms with Crippen molar-refractivity contribution in [1.82, 2.24) is 9.88 Å². The molecule has 1 aliphatic carbocycles. The van der Waals surface area contributed by atoms with E-state index in [-0.39, 0.29) is 5.91 Å². The fourth-order valence-electron chi connectivity index (χ4n) is 2.68. The molecule has 0 bridgehead atoms. The molecule has 2 rings (SSSR count). The molecule has 0 atom stereocenters. The van der Waals surface area contributed by atoms with Gasteiger partial charge in [-0.1, -0.05) is 24.4 Å². The summed E-state index contributed by atoms with van der Waals surface area (Å²) in [6, 6.07) is 2.09. The number of anilines is 1. The number of pyridine rings is 1. The Balaban J connectivity index is 2.25. The zero-order chi connectivity index (χ0) is 13.8. The first-order valence-electron chi connectivity index (χ1n) is 6.81. The number of hydrogen-bond donors (Lipinski definition) is 1. The van der Waals surface area contributed by atoms with Gasteiger partial charge in [0.05, 0.1) is 10.6 Å². The molecule has 1 amide bonds. The van der Waals surface area contributed by atoms with Crippen LogP contribution in [0.3, 0.4) is 0 Å². The number of aromatic nitrogens is 1. The lowest BCUT2D eigenvalue weighted by atomic mass is 10.1. The minimum absolute atomic E-state index is 0.0123. The fraction of sp³-hybridized carbons (Fsp3) is 0.571. The van der Waals surface area contributed by atoms with Gasteiger partial charge in [-0.3, -0.25) is 4.79 Å². The van der Waals surface area contributed by atoms with Gasteiger partial charge in [-0.2, -0.15) is 0 Å². The second-order valence-corrected chi connectivity index (χ2v) is 5.24. The standard InChI is InChI=1S/C14H20ClN3O/c1-3-18(10-6-4-5-7-10)14(19)11-8-13(16-2)17-9-12(11)15/h8-10H,3-7H2,1-2H3,(H,16,17). The van der Waals surface area contributed by atoms with E-state index >= 15 is 0 Å². The monoisotopic (exact) mass is 281 g/mol. The van der Waals surface area contributed by atoms with E-state index in [9.17, 15) is 4.79 Å². The van der Waals surface area contributed by atoms with Crippen LogP contribution in [0.5, 0.6) is 0 Å². The van der Waals surface area contributed by atoms with Gasteiger partial charge in [-0.25, -0.2) is 4.98 Å².